The number of likely N-dealkylation sites (N-methyl/N-ethyl adjacent to an activating group) is 1. The molecule has 1 rings (SSSR count). The average molecular weight is 285 g/mol. The Hall–Kier alpha value is -0.980. The van der Waals surface area contributed by atoms with Crippen molar-refractivity contribution in [2.75, 3.05) is 27.7 Å². The molecule has 0 saturated carbocycles. The van der Waals surface area contributed by atoms with Crippen molar-refractivity contribution in [2.45, 2.75) is 32.4 Å². The fourth-order valence-corrected chi connectivity index (χ4v) is 2.33. The largest absolute Gasteiger partial charge is 0.393 e. The van der Waals surface area contributed by atoms with E-state index in [1.807, 2.05) is 12.4 Å². The van der Waals surface area contributed by atoms with Gasteiger partial charge in [0.05, 0.1) is 18.2 Å². The van der Waals surface area contributed by atoms with Crippen LogP contribution in [0.2, 0.25) is 0 Å². The minimum Gasteiger partial charge on any atom is -0.393 e. The van der Waals surface area contributed by atoms with Crippen LogP contribution in [0.5, 0.6) is 0 Å². The van der Waals surface area contributed by atoms with E-state index in [2.05, 4.69) is 9.88 Å². The standard InChI is InChI=1S/C13H23N3O2S/c1-10(17)5-6-16(4)8-11-9-19-12(14-11)7-13(18)15(2)3/h9-10,17H,5-8H2,1-4H3. The van der Waals surface area contributed by atoms with E-state index < -0.39 is 0 Å². The van der Waals surface area contributed by atoms with Gasteiger partial charge in [0.2, 0.25) is 5.91 Å². The van der Waals surface area contributed by atoms with Crippen molar-refractivity contribution >= 4 is 17.2 Å². The molecule has 1 aromatic rings. The van der Waals surface area contributed by atoms with Crippen molar-refractivity contribution in [3.05, 3.63) is 16.1 Å². The zero-order chi connectivity index (χ0) is 14.4. The molecule has 0 aromatic carbocycles. The lowest BCUT2D eigenvalue weighted by Gasteiger charge is -2.15. The summed E-state index contributed by atoms with van der Waals surface area (Å²) in [5.41, 5.74) is 0.986. The van der Waals surface area contributed by atoms with Crippen molar-refractivity contribution in [1.82, 2.24) is 14.8 Å². The van der Waals surface area contributed by atoms with E-state index in [-0.39, 0.29) is 12.0 Å². The molecule has 1 unspecified atom stereocenters. The third kappa shape index (κ3) is 6.13. The molecule has 0 bridgehead atoms. The number of amides is 1. The molecule has 6 heteroatoms. The monoisotopic (exact) mass is 285 g/mol. The number of hydrogen-bond acceptors (Lipinski definition) is 5. The van der Waals surface area contributed by atoms with E-state index in [0.717, 1.165) is 30.2 Å². The van der Waals surface area contributed by atoms with Crippen LogP contribution in [0.3, 0.4) is 0 Å². The van der Waals surface area contributed by atoms with Crippen molar-refractivity contribution in [3.8, 4) is 0 Å². The molecule has 108 valence electrons. The zero-order valence-corrected chi connectivity index (χ0v) is 12.9. The van der Waals surface area contributed by atoms with Crippen LogP contribution in [0.25, 0.3) is 0 Å². The molecule has 1 amide bonds. The van der Waals surface area contributed by atoms with Crippen molar-refractivity contribution in [2.24, 2.45) is 0 Å². The minimum absolute atomic E-state index is 0.0726. The van der Waals surface area contributed by atoms with Gasteiger partial charge in [0.1, 0.15) is 5.01 Å². The minimum atomic E-state index is -0.272. The fourth-order valence-electron chi connectivity index (χ4n) is 1.55. The molecule has 0 fully saturated rings. The van der Waals surface area contributed by atoms with Crippen molar-refractivity contribution in [3.63, 3.8) is 0 Å². The van der Waals surface area contributed by atoms with E-state index >= 15 is 0 Å². The molecule has 5 nitrogen and oxygen atoms in total. The van der Waals surface area contributed by atoms with Crippen LogP contribution in [-0.4, -0.2) is 59.6 Å². The van der Waals surface area contributed by atoms with Gasteiger partial charge in [-0.2, -0.15) is 0 Å². The maximum absolute atomic E-state index is 11.6. The molecule has 1 atom stereocenters. The molecule has 0 spiro atoms. The second-order valence-corrected chi connectivity index (χ2v) is 6.02. The number of thiazole rings is 1. The first-order valence-corrected chi connectivity index (χ1v) is 7.26. The maximum Gasteiger partial charge on any atom is 0.228 e. The van der Waals surface area contributed by atoms with E-state index in [9.17, 15) is 9.90 Å². The number of nitrogens with zero attached hydrogens (tertiary/aromatic N) is 3. The van der Waals surface area contributed by atoms with E-state index in [4.69, 9.17) is 0 Å². The Bertz CT molecular complexity index is 404. The van der Waals surface area contributed by atoms with Crippen LogP contribution >= 0.6 is 11.3 Å². The zero-order valence-electron chi connectivity index (χ0n) is 12.1. The smallest absolute Gasteiger partial charge is 0.228 e. The summed E-state index contributed by atoms with van der Waals surface area (Å²) in [4.78, 5) is 19.7. The third-order valence-corrected chi connectivity index (χ3v) is 3.66. The average Bonchev–Trinajstić information content (AvgIpc) is 2.73. The van der Waals surface area contributed by atoms with E-state index in [1.165, 1.54) is 11.3 Å². The summed E-state index contributed by atoms with van der Waals surface area (Å²) in [7, 11) is 5.51. The van der Waals surface area contributed by atoms with Gasteiger partial charge < -0.3 is 14.9 Å². The van der Waals surface area contributed by atoms with Gasteiger partial charge in [0.15, 0.2) is 0 Å². The number of hydrogen-bond donors (Lipinski definition) is 1. The Labute approximate surface area is 118 Å². The van der Waals surface area contributed by atoms with Crippen molar-refractivity contribution < 1.29 is 9.90 Å². The normalized spacial score (nSPS) is 12.7. The molecular weight excluding hydrogens is 262 g/mol. The Balaban J connectivity index is 2.44. The lowest BCUT2D eigenvalue weighted by molar-refractivity contribution is -0.127. The topological polar surface area (TPSA) is 56.7 Å². The molecule has 19 heavy (non-hydrogen) atoms. The number of carbonyl (C=O) groups is 1. The Morgan fingerprint density at radius 1 is 1.47 bits per heavy atom. The van der Waals surface area contributed by atoms with Crippen LogP contribution < -0.4 is 0 Å². The third-order valence-electron chi connectivity index (χ3n) is 2.76. The first kappa shape index (κ1) is 16.1. The highest BCUT2D eigenvalue weighted by atomic mass is 32.1. The first-order chi connectivity index (χ1) is 8.88. The second kappa shape index (κ2) is 7.57. The lowest BCUT2D eigenvalue weighted by atomic mass is 10.2. The van der Waals surface area contributed by atoms with Gasteiger partial charge >= 0.3 is 0 Å². The van der Waals surface area contributed by atoms with Gasteiger partial charge in [-0.25, -0.2) is 4.98 Å². The van der Waals surface area contributed by atoms with Crippen LogP contribution in [0.1, 0.15) is 24.0 Å². The predicted molar refractivity (Wildman–Crippen MR) is 77.1 cm³/mol. The summed E-state index contributed by atoms with van der Waals surface area (Å²) in [6, 6.07) is 0. The van der Waals surface area contributed by atoms with Gasteiger partial charge in [-0.3, -0.25) is 4.79 Å². The number of aliphatic hydroxyl groups is 1. The molecule has 0 aliphatic rings. The number of aromatic nitrogens is 1. The Kier molecular flexibility index (Phi) is 6.41. The molecule has 0 radical (unpaired) electrons. The first-order valence-electron chi connectivity index (χ1n) is 6.38. The lowest BCUT2D eigenvalue weighted by Crippen LogP contribution is -2.24. The maximum atomic E-state index is 11.6. The van der Waals surface area contributed by atoms with Gasteiger partial charge in [-0.05, 0) is 20.4 Å². The molecule has 0 aliphatic heterocycles. The van der Waals surface area contributed by atoms with Crippen molar-refractivity contribution in [1.29, 1.82) is 0 Å². The van der Waals surface area contributed by atoms with Crippen LogP contribution in [0.15, 0.2) is 5.38 Å². The Morgan fingerprint density at radius 3 is 2.74 bits per heavy atom. The molecule has 0 aliphatic carbocycles. The highest BCUT2D eigenvalue weighted by Gasteiger charge is 2.10. The summed E-state index contributed by atoms with van der Waals surface area (Å²) in [5, 5.41) is 12.1. The highest BCUT2D eigenvalue weighted by molar-refractivity contribution is 7.09. The summed E-state index contributed by atoms with van der Waals surface area (Å²) in [5.74, 6) is 0.0726. The fraction of sp³-hybridized carbons (Fsp3) is 0.692. The molecule has 0 saturated heterocycles. The Morgan fingerprint density at radius 2 is 2.16 bits per heavy atom. The van der Waals surface area contributed by atoms with Gasteiger partial charge in [0, 0.05) is 32.6 Å². The second-order valence-electron chi connectivity index (χ2n) is 5.07. The number of carbonyl (C=O) groups excluding carboxylic acids is 1. The molecule has 1 heterocycles. The molecular formula is C13H23N3O2S. The van der Waals surface area contributed by atoms with Crippen LogP contribution in [-0.2, 0) is 17.8 Å². The van der Waals surface area contributed by atoms with E-state index in [1.54, 1.807) is 25.9 Å². The van der Waals surface area contributed by atoms with Gasteiger partial charge in [0.25, 0.3) is 0 Å². The quantitative estimate of drug-likeness (QED) is 0.811. The predicted octanol–water partition coefficient (Wildman–Crippen LogP) is 0.976. The van der Waals surface area contributed by atoms with Gasteiger partial charge in [-0.1, -0.05) is 0 Å². The van der Waals surface area contributed by atoms with Crippen LogP contribution in [0.4, 0.5) is 0 Å². The summed E-state index contributed by atoms with van der Waals surface area (Å²) < 4.78 is 0. The highest BCUT2D eigenvalue weighted by Crippen LogP contribution is 2.13. The summed E-state index contributed by atoms with van der Waals surface area (Å²) in [6.07, 6.45) is 0.855. The summed E-state index contributed by atoms with van der Waals surface area (Å²) >= 11 is 1.53. The number of aliphatic hydroxyl groups excluding tert-OH is 1. The number of rotatable bonds is 7. The SMILES string of the molecule is CC(O)CCN(C)Cc1csc(CC(=O)N(C)C)n1. The molecule has 1 aromatic heterocycles. The van der Waals surface area contributed by atoms with Crippen LogP contribution in [0, 0.1) is 0 Å². The van der Waals surface area contributed by atoms with E-state index in [0.29, 0.717) is 6.42 Å². The molecule has 1 N–H and O–H groups in total. The van der Waals surface area contributed by atoms with Gasteiger partial charge in [-0.15, -0.1) is 11.3 Å². The summed E-state index contributed by atoms with van der Waals surface area (Å²) in [6.45, 7) is 3.38.